The molecule has 5 nitrogen and oxygen atoms in total. The zero-order chi connectivity index (χ0) is 15.1. The lowest BCUT2D eigenvalue weighted by Crippen LogP contribution is -2.34. The number of aromatic nitrogens is 1. The Labute approximate surface area is 126 Å². The van der Waals surface area contributed by atoms with Crippen LogP contribution in [0.2, 0.25) is 0 Å². The molecule has 1 aromatic rings. The third-order valence-corrected chi connectivity index (χ3v) is 4.10. The highest BCUT2D eigenvalue weighted by Gasteiger charge is 2.19. The predicted octanol–water partition coefficient (Wildman–Crippen LogP) is 1.69. The van der Waals surface area contributed by atoms with Crippen LogP contribution in [0.1, 0.15) is 35.4 Å². The molecule has 2 heterocycles. The molecule has 1 saturated heterocycles. The zero-order valence-electron chi connectivity index (χ0n) is 13.0. The van der Waals surface area contributed by atoms with Crippen LogP contribution in [0.3, 0.4) is 0 Å². The molecule has 0 bridgehead atoms. The Bertz CT molecular complexity index is 457. The quantitative estimate of drug-likeness (QED) is 0.808. The Kier molecular flexibility index (Phi) is 6.14. The number of nitrogens with one attached hydrogen (secondary N) is 1. The lowest BCUT2D eigenvalue weighted by Gasteiger charge is -2.31. The fourth-order valence-electron chi connectivity index (χ4n) is 2.80. The van der Waals surface area contributed by atoms with Crippen molar-refractivity contribution in [1.29, 1.82) is 0 Å². The van der Waals surface area contributed by atoms with Crippen molar-refractivity contribution >= 4 is 5.97 Å². The standard InChI is InChI=1S/C16H25N3O2/c1-17-9-6-13-7-10-19(11-8-13)12-14-4-3-5-15(18-14)16(20)21-2/h3-5,13,17H,6-12H2,1-2H3. The highest BCUT2D eigenvalue weighted by Crippen LogP contribution is 2.21. The van der Waals surface area contributed by atoms with Gasteiger partial charge in [-0.1, -0.05) is 6.07 Å². The molecule has 0 aromatic carbocycles. The van der Waals surface area contributed by atoms with Crippen molar-refractivity contribution in [2.75, 3.05) is 33.8 Å². The van der Waals surface area contributed by atoms with Gasteiger partial charge in [0.15, 0.2) is 0 Å². The fraction of sp³-hybridized carbons (Fsp3) is 0.625. The molecule has 1 N–H and O–H groups in total. The summed E-state index contributed by atoms with van der Waals surface area (Å²) in [5.74, 6) is 0.464. The van der Waals surface area contributed by atoms with Crippen LogP contribution in [0, 0.1) is 5.92 Å². The number of ether oxygens (including phenoxy) is 1. The van der Waals surface area contributed by atoms with Crippen LogP contribution >= 0.6 is 0 Å². The molecular weight excluding hydrogens is 266 g/mol. The summed E-state index contributed by atoms with van der Waals surface area (Å²) in [5.41, 5.74) is 1.32. The molecule has 1 aliphatic heterocycles. The number of hydrogen-bond acceptors (Lipinski definition) is 5. The Balaban J connectivity index is 1.84. The van der Waals surface area contributed by atoms with E-state index < -0.39 is 0 Å². The second-order valence-electron chi connectivity index (χ2n) is 5.62. The molecule has 0 saturated carbocycles. The molecule has 0 amide bonds. The van der Waals surface area contributed by atoms with Crippen molar-refractivity contribution in [1.82, 2.24) is 15.2 Å². The van der Waals surface area contributed by atoms with E-state index in [9.17, 15) is 4.79 Å². The molecule has 1 aliphatic rings. The second-order valence-corrected chi connectivity index (χ2v) is 5.62. The van der Waals surface area contributed by atoms with Crippen LogP contribution in [-0.2, 0) is 11.3 Å². The van der Waals surface area contributed by atoms with Gasteiger partial charge in [0, 0.05) is 6.54 Å². The van der Waals surface area contributed by atoms with Crippen molar-refractivity contribution in [3.8, 4) is 0 Å². The van der Waals surface area contributed by atoms with Gasteiger partial charge < -0.3 is 10.1 Å². The van der Waals surface area contributed by atoms with Crippen LogP contribution in [0.5, 0.6) is 0 Å². The smallest absolute Gasteiger partial charge is 0.356 e. The molecule has 0 spiro atoms. The van der Waals surface area contributed by atoms with Crippen LogP contribution in [0.4, 0.5) is 0 Å². The van der Waals surface area contributed by atoms with Crippen LogP contribution in [0.25, 0.3) is 0 Å². The number of rotatable bonds is 6. The van der Waals surface area contributed by atoms with Gasteiger partial charge in [-0.15, -0.1) is 0 Å². The van der Waals surface area contributed by atoms with E-state index >= 15 is 0 Å². The number of carbonyl (C=O) groups is 1. The maximum absolute atomic E-state index is 11.5. The lowest BCUT2D eigenvalue weighted by molar-refractivity contribution is 0.0593. The van der Waals surface area contributed by atoms with Gasteiger partial charge in [0.2, 0.25) is 0 Å². The van der Waals surface area contributed by atoms with E-state index in [1.54, 1.807) is 6.07 Å². The SMILES string of the molecule is CNCCC1CCN(Cc2cccc(C(=O)OC)n2)CC1. The third kappa shape index (κ3) is 4.79. The van der Waals surface area contributed by atoms with Gasteiger partial charge in [-0.2, -0.15) is 0 Å². The molecule has 0 unspecified atom stereocenters. The van der Waals surface area contributed by atoms with E-state index in [1.807, 2.05) is 19.2 Å². The van der Waals surface area contributed by atoms with Gasteiger partial charge in [-0.25, -0.2) is 9.78 Å². The second kappa shape index (κ2) is 8.10. The van der Waals surface area contributed by atoms with Crippen molar-refractivity contribution < 1.29 is 9.53 Å². The van der Waals surface area contributed by atoms with Crippen molar-refractivity contribution in [3.05, 3.63) is 29.6 Å². The maximum Gasteiger partial charge on any atom is 0.356 e. The number of piperidine rings is 1. The molecule has 1 fully saturated rings. The average Bonchev–Trinajstić information content (AvgIpc) is 2.53. The van der Waals surface area contributed by atoms with Crippen molar-refractivity contribution in [3.63, 3.8) is 0 Å². The third-order valence-electron chi connectivity index (χ3n) is 4.10. The van der Waals surface area contributed by atoms with Gasteiger partial charge in [-0.3, -0.25) is 4.90 Å². The minimum absolute atomic E-state index is 0.373. The monoisotopic (exact) mass is 291 g/mol. The first-order valence-corrected chi connectivity index (χ1v) is 7.64. The Morgan fingerprint density at radius 2 is 2.19 bits per heavy atom. The molecule has 5 heteroatoms. The minimum Gasteiger partial charge on any atom is -0.464 e. The van der Waals surface area contributed by atoms with E-state index in [0.29, 0.717) is 5.69 Å². The van der Waals surface area contributed by atoms with Crippen LogP contribution < -0.4 is 5.32 Å². The normalized spacial score (nSPS) is 16.9. The summed E-state index contributed by atoms with van der Waals surface area (Å²) in [6.45, 7) is 4.13. The summed E-state index contributed by atoms with van der Waals surface area (Å²) in [5, 5.41) is 3.22. The highest BCUT2D eigenvalue weighted by atomic mass is 16.5. The molecule has 2 rings (SSSR count). The number of nitrogens with zero attached hydrogens (tertiary/aromatic N) is 2. The summed E-state index contributed by atoms with van der Waals surface area (Å²) in [7, 11) is 3.39. The molecule has 0 aliphatic carbocycles. The van der Waals surface area contributed by atoms with Crippen molar-refractivity contribution in [2.24, 2.45) is 5.92 Å². The fourth-order valence-corrected chi connectivity index (χ4v) is 2.80. The van der Waals surface area contributed by atoms with Gasteiger partial charge >= 0.3 is 5.97 Å². The number of likely N-dealkylation sites (tertiary alicyclic amines) is 1. The maximum atomic E-state index is 11.5. The number of carbonyl (C=O) groups excluding carboxylic acids is 1. The lowest BCUT2D eigenvalue weighted by atomic mass is 9.93. The first-order valence-electron chi connectivity index (χ1n) is 7.64. The van der Waals surface area contributed by atoms with Crippen LogP contribution in [-0.4, -0.2) is 49.6 Å². The minimum atomic E-state index is -0.373. The van der Waals surface area contributed by atoms with Gasteiger partial charge in [0.25, 0.3) is 0 Å². The average molecular weight is 291 g/mol. The predicted molar refractivity (Wildman–Crippen MR) is 82.1 cm³/mol. The van der Waals surface area contributed by atoms with Gasteiger partial charge in [0.1, 0.15) is 5.69 Å². The first-order chi connectivity index (χ1) is 10.2. The van der Waals surface area contributed by atoms with Crippen LogP contribution in [0.15, 0.2) is 18.2 Å². The highest BCUT2D eigenvalue weighted by molar-refractivity contribution is 5.87. The summed E-state index contributed by atoms with van der Waals surface area (Å²) in [6, 6.07) is 5.53. The number of methoxy groups -OCH3 is 1. The van der Waals surface area contributed by atoms with E-state index in [-0.39, 0.29) is 5.97 Å². The number of esters is 1. The molecule has 116 valence electrons. The summed E-state index contributed by atoms with van der Waals surface area (Å²) in [6.07, 6.45) is 3.76. The molecule has 0 radical (unpaired) electrons. The molecule has 21 heavy (non-hydrogen) atoms. The Morgan fingerprint density at radius 3 is 2.86 bits per heavy atom. The zero-order valence-corrected chi connectivity index (χ0v) is 13.0. The Morgan fingerprint density at radius 1 is 1.43 bits per heavy atom. The van der Waals surface area contributed by atoms with Crippen molar-refractivity contribution in [2.45, 2.75) is 25.8 Å². The van der Waals surface area contributed by atoms with E-state index in [2.05, 4.69) is 15.2 Å². The van der Waals surface area contributed by atoms with E-state index in [0.717, 1.165) is 37.8 Å². The topological polar surface area (TPSA) is 54.5 Å². The first kappa shape index (κ1) is 15.9. The molecule has 0 atom stereocenters. The van der Waals surface area contributed by atoms with E-state index in [1.165, 1.54) is 26.4 Å². The van der Waals surface area contributed by atoms with Gasteiger partial charge in [-0.05, 0) is 64.0 Å². The summed E-state index contributed by atoms with van der Waals surface area (Å²) < 4.78 is 4.71. The van der Waals surface area contributed by atoms with Gasteiger partial charge in [0.05, 0.1) is 12.8 Å². The molecule has 1 aromatic heterocycles. The summed E-state index contributed by atoms with van der Waals surface area (Å²) >= 11 is 0. The molecular formula is C16H25N3O2. The number of hydrogen-bond donors (Lipinski definition) is 1. The number of pyridine rings is 1. The van der Waals surface area contributed by atoms with E-state index in [4.69, 9.17) is 4.74 Å². The summed E-state index contributed by atoms with van der Waals surface area (Å²) in [4.78, 5) is 18.3. The Hall–Kier alpha value is -1.46. The largest absolute Gasteiger partial charge is 0.464 e.